The zero-order chi connectivity index (χ0) is 12.3. The zero-order valence-corrected chi connectivity index (χ0v) is 11.0. The van der Waals surface area contributed by atoms with Gasteiger partial charge in [0.15, 0.2) is 0 Å². The molecule has 17 heavy (non-hydrogen) atoms. The molecular formula is C15H24N2. The molecule has 0 aliphatic heterocycles. The first kappa shape index (κ1) is 12.6. The molecule has 1 unspecified atom stereocenters. The molecule has 0 spiro atoms. The zero-order valence-electron chi connectivity index (χ0n) is 11.0. The molecule has 1 aliphatic carbocycles. The molecule has 3 N–H and O–H groups in total. The molecule has 2 heteroatoms. The van der Waals surface area contributed by atoms with E-state index in [0.29, 0.717) is 6.04 Å². The minimum atomic E-state index is 0.433. The molecule has 0 saturated heterocycles. The SMILES string of the molecule is Cc1ccc(CC(CC2CCC2)NN)cc1C. The van der Waals surface area contributed by atoms with Crippen molar-refractivity contribution in [2.75, 3.05) is 0 Å². The first-order valence-electron chi connectivity index (χ1n) is 6.71. The van der Waals surface area contributed by atoms with E-state index in [4.69, 9.17) is 5.84 Å². The summed E-state index contributed by atoms with van der Waals surface area (Å²) in [6.45, 7) is 4.34. The number of aryl methyl sites for hydroxylation is 2. The summed E-state index contributed by atoms with van der Waals surface area (Å²) in [7, 11) is 0. The lowest BCUT2D eigenvalue weighted by Gasteiger charge is -2.29. The Bertz CT molecular complexity index is 369. The fraction of sp³-hybridized carbons (Fsp3) is 0.600. The third kappa shape index (κ3) is 3.30. The smallest absolute Gasteiger partial charge is 0.0253 e. The first-order chi connectivity index (χ1) is 8.19. The van der Waals surface area contributed by atoms with Gasteiger partial charge in [-0.15, -0.1) is 0 Å². The second kappa shape index (κ2) is 5.65. The monoisotopic (exact) mass is 232 g/mol. The van der Waals surface area contributed by atoms with Crippen molar-refractivity contribution in [2.45, 2.75) is 52.0 Å². The molecular weight excluding hydrogens is 208 g/mol. The summed E-state index contributed by atoms with van der Waals surface area (Å²) < 4.78 is 0. The van der Waals surface area contributed by atoms with Crippen molar-refractivity contribution in [3.63, 3.8) is 0 Å². The lowest BCUT2D eigenvalue weighted by molar-refractivity contribution is 0.259. The average molecular weight is 232 g/mol. The number of nitrogens with one attached hydrogen (secondary N) is 1. The van der Waals surface area contributed by atoms with E-state index in [1.165, 1.54) is 42.4 Å². The molecule has 0 radical (unpaired) electrons. The van der Waals surface area contributed by atoms with Crippen LogP contribution in [0.25, 0.3) is 0 Å². The highest BCUT2D eigenvalue weighted by Gasteiger charge is 2.21. The summed E-state index contributed by atoms with van der Waals surface area (Å²) in [4.78, 5) is 0. The van der Waals surface area contributed by atoms with Crippen LogP contribution in [0.1, 0.15) is 42.4 Å². The van der Waals surface area contributed by atoms with E-state index in [2.05, 4.69) is 37.5 Å². The highest BCUT2D eigenvalue weighted by molar-refractivity contribution is 5.30. The second-order valence-electron chi connectivity index (χ2n) is 5.52. The average Bonchev–Trinajstić information content (AvgIpc) is 2.26. The maximum Gasteiger partial charge on any atom is 0.0253 e. The van der Waals surface area contributed by atoms with Crippen LogP contribution in [0, 0.1) is 19.8 Å². The third-order valence-electron chi connectivity index (χ3n) is 4.13. The lowest BCUT2D eigenvalue weighted by Crippen LogP contribution is -2.39. The van der Waals surface area contributed by atoms with Crippen molar-refractivity contribution < 1.29 is 0 Å². The molecule has 1 aromatic carbocycles. The number of hydrogen-bond acceptors (Lipinski definition) is 2. The van der Waals surface area contributed by atoms with Gasteiger partial charge in [0.25, 0.3) is 0 Å². The van der Waals surface area contributed by atoms with Crippen LogP contribution in [0.4, 0.5) is 0 Å². The van der Waals surface area contributed by atoms with E-state index in [-0.39, 0.29) is 0 Å². The number of rotatable bonds is 5. The summed E-state index contributed by atoms with van der Waals surface area (Å²) in [5.41, 5.74) is 7.12. The number of hydrazine groups is 1. The van der Waals surface area contributed by atoms with E-state index >= 15 is 0 Å². The van der Waals surface area contributed by atoms with Gasteiger partial charge in [-0.05, 0) is 49.3 Å². The Hall–Kier alpha value is -0.860. The van der Waals surface area contributed by atoms with Gasteiger partial charge in [0.05, 0.1) is 0 Å². The highest BCUT2D eigenvalue weighted by atomic mass is 15.2. The Labute approximate surface area is 105 Å². The van der Waals surface area contributed by atoms with Crippen LogP contribution in [0.15, 0.2) is 18.2 Å². The third-order valence-corrected chi connectivity index (χ3v) is 4.13. The van der Waals surface area contributed by atoms with Crippen LogP contribution in [0.3, 0.4) is 0 Å². The van der Waals surface area contributed by atoms with Crippen molar-refractivity contribution in [1.29, 1.82) is 0 Å². The quantitative estimate of drug-likeness (QED) is 0.605. The number of nitrogens with two attached hydrogens (primary N) is 1. The summed E-state index contributed by atoms with van der Waals surface area (Å²) in [6.07, 6.45) is 6.47. The molecule has 1 atom stereocenters. The highest BCUT2D eigenvalue weighted by Crippen LogP contribution is 2.31. The van der Waals surface area contributed by atoms with Crippen LogP contribution >= 0.6 is 0 Å². The van der Waals surface area contributed by atoms with Crippen LogP contribution in [-0.2, 0) is 6.42 Å². The Balaban J connectivity index is 1.94. The minimum absolute atomic E-state index is 0.433. The molecule has 2 nitrogen and oxygen atoms in total. The predicted octanol–water partition coefficient (Wildman–Crippen LogP) is 2.87. The topological polar surface area (TPSA) is 38.0 Å². The Morgan fingerprint density at radius 1 is 1.29 bits per heavy atom. The predicted molar refractivity (Wildman–Crippen MR) is 72.7 cm³/mol. The molecule has 1 aliphatic rings. The largest absolute Gasteiger partial charge is 0.271 e. The maximum absolute atomic E-state index is 5.67. The summed E-state index contributed by atoms with van der Waals surface area (Å²) >= 11 is 0. The van der Waals surface area contributed by atoms with Crippen molar-refractivity contribution in [3.8, 4) is 0 Å². The molecule has 0 heterocycles. The van der Waals surface area contributed by atoms with Crippen molar-refractivity contribution in [1.82, 2.24) is 5.43 Å². The van der Waals surface area contributed by atoms with E-state index in [1.54, 1.807) is 0 Å². The summed E-state index contributed by atoms with van der Waals surface area (Å²) in [6, 6.07) is 7.16. The fourth-order valence-electron chi connectivity index (χ4n) is 2.56. The maximum atomic E-state index is 5.67. The molecule has 1 saturated carbocycles. The van der Waals surface area contributed by atoms with Gasteiger partial charge in [-0.1, -0.05) is 37.5 Å². The van der Waals surface area contributed by atoms with E-state index < -0.39 is 0 Å². The van der Waals surface area contributed by atoms with Gasteiger partial charge in [-0.3, -0.25) is 11.3 Å². The van der Waals surface area contributed by atoms with Crippen molar-refractivity contribution in [2.24, 2.45) is 11.8 Å². The van der Waals surface area contributed by atoms with E-state index in [0.717, 1.165) is 12.3 Å². The van der Waals surface area contributed by atoms with Gasteiger partial charge in [0.1, 0.15) is 0 Å². The minimum Gasteiger partial charge on any atom is -0.271 e. The van der Waals surface area contributed by atoms with Crippen molar-refractivity contribution in [3.05, 3.63) is 34.9 Å². The van der Waals surface area contributed by atoms with Gasteiger partial charge < -0.3 is 0 Å². The second-order valence-corrected chi connectivity index (χ2v) is 5.52. The number of benzene rings is 1. The fourth-order valence-corrected chi connectivity index (χ4v) is 2.56. The van der Waals surface area contributed by atoms with Crippen LogP contribution in [-0.4, -0.2) is 6.04 Å². The molecule has 0 bridgehead atoms. The van der Waals surface area contributed by atoms with E-state index in [1.807, 2.05) is 0 Å². The standard InChI is InChI=1S/C15H24N2/c1-11-6-7-14(8-12(11)2)10-15(17-16)9-13-4-3-5-13/h6-8,13,15,17H,3-5,9-10,16H2,1-2H3. The Morgan fingerprint density at radius 2 is 2.06 bits per heavy atom. The van der Waals surface area contributed by atoms with Gasteiger partial charge in [0, 0.05) is 6.04 Å². The Kier molecular flexibility index (Phi) is 4.19. The molecule has 94 valence electrons. The molecule has 1 fully saturated rings. The van der Waals surface area contributed by atoms with Crippen molar-refractivity contribution >= 4 is 0 Å². The molecule has 0 aromatic heterocycles. The summed E-state index contributed by atoms with van der Waals surface area (Å²) in [5, 5.41) is 0. The van der Waals surface area contributed by atoms with Crippen LogP contribution in [0.2, 0.25) is 0 Å². The van der Waals surface area contributed by atoms with Gasteiger partial charge in [-0.2, -0.15) is 0 Å². The molecule has 0 amide bonds. The van der Waals surface area contributed by atoms with E-state index in [9.17, 15) is 0 Å². The first-order valence-corrected chi connectivity index (χ1v) is 6.71. The van der Waals surface area contributed by atoms with Gasteiger partial charge in [-0.25, -0.2) is 0 Å². The van der Waals surface area contributed by atoms with Crippen LogP contribution < -0.4 is 11.3 Å². The molecule has 2 rings (SSSR count). The molecule has 1 aromatic rings. The lowest BCUT2D eigenvalue weighted by atomic mass is 9.80. The van der Waals surface area contributed by atoms with Gasteiger partial charge >= 0.3 is 0 Å². The Morgan fingerprint density at radius 3 is 2.59 bits per heavy atom. The summed E-state index contributed by atoms with van der Waals surface area (Å²) in [5.74, 6) is 6.57. The number of hydrogen-bond donors (Lipinski definition) is 2. The van der Waals surface area contributed by atoms with Crippen LogP contribution in [0.5, 0.6) is 0 Å². The normalized spacial score (nSPS) is 17.8. The van der Waals surface area contributed by atoms with Gasteiger partial charge in [0.2, 0.25) is 0 Å².